The van der Waals surface area contributed by atoms with E-state index in [4.69, 9.17) is 11.0 Å². The predicted molar refractivity (Wildman–Crippen MR) is 60.0 cm³/mol. The van der Waals surface area contributed by atoms with Crippen LogP contribution in [0.1, 0.15) is 45.4 Å². The Morgan fingerprint density at radius 2 is 2.07 bits per heavy atom. The third-order valence-electron chi connectivity index (χ3n) is 2.16. The van der Waals surface area contributed by atoms with Crippen molar-refractivity contribution in [3.63, 3.8) is 0 Å². The minimum Gasteiger partial charge on any atom is -0.353 e. The van der Waals surface area contributed by atoms with Crippen LogP contribution >= 0.6 is 0 Å². The molecule has 0 heterocycles. The van der Waals surface area contributed by atoms with Crippen LogP contribution in [0, 0.1) is 11.3 Å². The molecule has 4 nitrogen and oxygen atoms in total. The molecule has 1 atom stereocenters. The van der Waals surface area contributed by atoms with Gasteiger partial charge in [-0.15, -0.1) is 0 Å². The summed E-state index contributed by atoms with van der Waals surface area (Å²) >= 11 is 0. The lowest BCUT2D eigenvalue weighted by Crippen LogP contribution is -2.31. The fraction of sp³-hybridized carbons (Fsp3) is 0.818. The summed E-state index contributed by atoms with van der Waals surface area (Å²) in [4.78, 5) is 11.3. The molecule has 4 heteroatoms. The number of carbonyl (C=O) groups excluding carboxylic acids is 1. The Kier molecular flexibility index (Phi) is 8.79. The first-order valence-corrected chi connectivity index (χ1v) is 5.57. The molecular weight excluding hydrogens is 190 g/mol. The Labute approximate surface area is 91.8 Å². The van der Waals surface area contributed by atoms with E-state index in [0.29, 0.717) is 12.8 Å². The molecule has 1 unspecified atom stereocenters. The molecule has 3 N–H and O–H groups in total. The second-order valence-corrected chi connectivity index (χ2v) is 3.78. The quantitative estimate of drug-likeness (QED) is 0.594. The third-order valence-corrected chi connectivity index (χ3v) is 2.16. The van der Waals surface area contributed by atoms with Gasteiger partial charge in [0.25, 0.3) is 0 Å². The van der Waals surface area contributed by atoms with Crippen molar-refractivity contribution in [1.29, 1.82) is 5.26 Å². The number of hydrogen-bond donors (Lipinski definition) is 2. The van der Waals surface area contributed by atoms with Crippen LogP contribution in [-0.4, -0.2) is 18.5 Å². The number of nitrogens with one attached hydrogen (secondary N) is 1. The van der Waals surface area contributed by atoms with Crippen LogP contribution in [0.25, 0.3) is 0 Å². The highest BCUT2D eigenvalue weighted by molar-refractivity contribution is 5.76. The number of carbonyl (C=O) groups is 1. The van der Waals surface area contributed by atoms with E-state index in [1.807, 2.05) is 13.0 Å². The van der Waals surface area contributed by atoms with Gasteiger partial charge in [-0.05, 0) is 26.3 Å². The summed E-state index contributed by atoms with van der Waals surface area (Å²) < 4.78 is 0. The first-order chi connectivity index (χ1) is 7.20. The number of hydrogen-bond acceptors (Lipinski definition) is 3. The Bertz CT molecular complexity index is 210. The lowest BCUT2D eigenvalue weighted by molar-refractivity contribution is -0.121. The molecular formula is C11H21N3O. The van der Waals surface area contributed by atoms with E-state index in [2.05, 4.69) is 5.32 Å². The number of nitriles is 1. The molecule has 0 saturated heterocycles. The molecule has 0 aliphatic heterocycles. The van der Waals surface area contributed by atoms with E-state index < -0.39 is 0 Å². The van der Waals surface area contributed by atoms with Gasteiger partial charge >= 0.3 is 0 Å². The molecule has 86 valence electrons. The van der Waals surface area contributed by atoms with E-state index in [1.165, 1.54) is 0 Å². The maximum Gasteiger partial charge on any atom is 0.220 e. The number of amides is 1. The smallest absolute Gasteiger partial charge is 0.220 e. The van der Waals surface area contributed by atoms with Gasteiger partial charge in [0.2, 0.25) is 5.91 Å². The number of unbranched alkanes of at least 4 members (excludes halogenated alkanes) is 3. The lowest BCUT2D eigenvalue weighted by atomic mass is 10.1. The lowest BCUT2D eigenvalue weighted by Gasteiger charge is -2.09. The maximum absolute atomic E-state index is 11.3. The fourth-order valence-electron chi connectivity index (χ4n) is 1.32. The number of nitrogens with zero attached hydrogens (tertiary/aromatic N) is 1. The highest BCUT2D eigenvalue weighted by Crippen LogP contribution is 2.02. The molecule has 0 aromatic carbocycles. The zero-order valence-electron chi connectivity index (χ0n) is 9.46. The maximum atomic E-state index is 11.3. The first kappa shape index (κ1) is 13.9. The van der Waals surface area contributed by atoms with Gasteiger partial charge in [0, 0.05) is 12.5 Å². The summed E-state index contributed by atoms with van der Waals surface area (Å²) in [6.45, 7) is 2.57. The highest BCUT2D eigenvalue weighted by Gasteiger charge is 2.05. The topological polar surface area (TPSA) is 78.9 Å². The fourth-order valence-corrected chi connectivity index (χ4v) is 1.32. The van der Waals surface area contributed by atoms with E-state index in [0.717, 1.165) is 32.2 Å². The van der Waals surface area contributed by atoms with E-state index in [-0.39, 0.29) is 11.9 Å². The molecule has 0 radical (unpaired) electrons. The zero-order valence-corrected chi connectivity index (χ0v) is 9.46. The van der Waals surface area contributed by atoms with E-state index in [1.54, 1.807) is 0 Å². The number of nitrogens with two attached hydrogens (primary N) is 1. The van der Waals surface area contributed by atoms with Crippen LogP contribution in [-0.2, 0) is 4.79 Å². The van der Waals surface area contributed by atoms with Crippen molar-refractivity contribution in [3.05, 3.63) is 0 Å². The predicted octanol–water partition coefficient (Wildman–Crippen LogP) is 1.31. The summed E-state index contributed by atoms with van der Waals surface area (Å²) in [6.07, 6.45) is 5.02. The monoisotopic (exact) mass is 211 g/mol. The van der Waals surface area contributed by atoms with Gasteiger partial charge in [-0.1, -0.05) is 12.8 Å². The van der Waals surface area contributed by atoms with Crippen molar-refractivity contribution in [2.75, 3.05) is 6.54 Å². The largest absolute Gasteiger partial charge is 0.353 e. The molecule has 1 amide bonds. The minimum absolute atomic E-state index is 0.0356. The van der Waals surface area contributed by atoms with Gasteiger partial charge in [0.05, 0.1) is 12.5 Å². The molecule has 15 heavy (non-hydrogen) atoms. The van der Waals surface area contributed by atoms with Crippen LogP contribution in [0.2, 0.25) is 0 Å². The summed E-state index contributed by atoms with van der Waals surface area (Å²) in [5.74, 6) is 0.0468. The summed E-state index contributed by atoms with van der Waals surface area (Å²) in [5.41, 5.74) is 5.36. The van der Waals surface area contributed by atoms with Crippen molar-refractivity contribution in [3.8, 4) is 6.07 Å². The van der Waals surface area contributed by atoms with Gasteiger partial charge in [0.1, 0.15) is 0 Å². The molecule has 0 bridgehead atoms. The van der Waals surface area contributed by atoms with Gasteiger partial charge < -0.3 is 11.1 Å². The van der Waals surface area contributed by atoms with Crippen LogP contribution in [0.4, 0.5) is 0 Å². The molecule has 0 aliphatic rings. The van der Waals surface area contributed by atoms with Crippen molar-refractivity contribution in [2.45, 2.75) is 51.5 Å². The van der Waals surface area contributed by atoms with Crippen LogP contribution in [0.3, 0.4) is 0 Å². The second-order valence-electron chi connectivity index (χ2n) is 3.78. The van der Waals surface area contributed by atoms with Crippen LogP contribution in [0.5, 0.6) is 0 Å². The van der Waals surface area contributed by atoms with Crippen LogP contribution < -0.4 is 11.1 Å². The van der Waals surface area contributed by atoms with Crippen molar-refractivity contribution in [2.24, 2.45) is 5.73 Å². The average Bonchev–Trinajstić information content (AvgIpc) is 2.17. The van der Waals surface area contributed by atoms with Gasteiger partial charge in [-0.2, -0.15) is 5.26 Å². The average molecular weight is 211 g/mol. The Morgan fingerprint density at radius 3 is 2.67 bits per heavy atom. The summed E-state index contributed by atoms with van der Waals surface area (Å²) in [7, 11) is 0. The zero-order chi connectivity index (χ0) is 11.5. The van der Waals surface area contributed by atoms with Gasteiger partial charge in [-0.25, -0.2) is 0 Å². The van der Waals surface area contributed by atoms with E-state index >= 15 is 0 Å². The van der Waals surface area contributed by atoms with Gasteiger partial charge in [-0.3, -0.25) is 4.79 Å². The van der Waals surface area contributed by atoms with Crippen molar-refractivity contribution < 1.29 is 4.79 Å². The minimum atomic E-state index is -0.0356. The standard InChI is InChI=1S/C11H21N3O/c1-10(7-9-13)14-11(15)6-4-2-3-5-8-12/h10H,2-8,12H2,1H3,(H,14,15). The highest BCUT2D eigenvalue weighted by atomic mass is 16.1. The molecule has 0 aromatic rings. The molecule has 0 rings (SSSR count). The normalized spacial score (nSPS) is 11.8. The van der Waals surface area contributed by atoms with Crippen molar-refractivity contribution in [1.82, 2.24) is 5.32 Å². The SMILES string of the molecule is CC(CC#N)NC(=O)CCCCCCN. The molecule has 0 saturated carbocycles. The molecule has 0 aromatic heterocycles. The van der Waals surface area contributed by atoms with Crippen molar-refractivity contribution >= 4 is 5.91 Å². The summed E-state index contributed by atoms with van der Waals surface area (Å²) in [6, 6.07) is 1.99. The van der Waals surface area contributed by atoms with E-state index in [9.17, 15) is 4.79 Å². The first-order valence-electron chi connectivity index (χ1n) is 5.57. The second kappa shape index (κ2) is 9.47. The molecule has 0 fully saturated rings. The summed E-state index contributed by atoms with van der Waals surface area (Å²) in [5, 5.41) is 11.2. The Hall–Kier alpha value is -1.08. The van der Waals surface area contributed by atoms with Crippen LogP contribution in [0.15, 0.2) is 0 Å². The van der Waals surface area contributed by atoms with Gasteiger partial charge in [0.15, 0.2) is 0 Å². The number of rotatable bonds is 8. The Balaban J connectivity index is 3.37. The molecule has 0 aliphatic carbocycles. The molecule has 0 spiro atoms. The Morgan fingerprint density at radius 1 is 1.40 bits per heavy atom. The third kappa shape index (κ3) is 9.23.